The van der Waals surface area contributed by atoms with Crippen LogP contribution in [0.4, 0.5) is 13.2 Å². The van der Waals surface area contributed by atoms with Gasteiger partial charge < -0.3 is 24.3 Å². The number of nitrogens with zero attached hydrogens (tertiary/aromatic N) is 1. The van der Waals surface area contributed by atoms with Gasteiger partial charge >= 0.3 is 6.18 Å². The monoisotopic (exact) mass is 323 g/mol. The number of furan rings is 1. The minimum absolute atomic E-state index is 0.0702. The lowest BCUT2D eigenvalue weighted by Crippen LogP contribution is -2.54. The summed E-state index contributed by atoms with van der Waals surface area (Å²) < 4.78 is 48.4. The molecule has 8 heteroatoms. The molecule has 1 aromatic rings. The van der Waals surface area contributed by atoms with Crippen molar-refractivity contribution in [1.82, 2.24) is 4.90 Å². The molecule has 1 atom stereocenters. The number of piperidine rings is 1. The van der Waals surface area contributed by atoms with E-state index < -0.39 is 17.9 Å². The van der Waals surface area contributed by atoms with E-state index >= 15 is 0 Å². The Morgan fingerprint density at radius 3 is 2.59 bits per heavy atom. The molecule has 0 bridgehead atoms. The summed E-state index contributed by atoms with van der Waals surface area (Å²) in [5.74, 6) is 0.639. The summed E-state index contributed by atoms with van der Waals surface area (Å²) >= 11 is 0. The molecule has 0 aromatic carbocycles. The van der Waals surface area contributed by atoms with Crippen molar-refractivity contribution in [1.29, 1.82) is 0 Å². The molecule has 0 saturated carbocycles. The number of hydrogen-bond acceptors (Lipinski definition) is 5. The van der Waals surface area contributed by atoms with Crippen molar-refractivity contribution >= 4 is 0 Å². The van der Waals surface area contributed by atoms with Gasteiger partial charge in [-0.05, 0) is 25.0 Å². The van der Waals surface area contributed by atoms with E-state index in [1.165, 1.54) is 6.26 Å². The molecule has 1 aromatic heterocycles. The van der Waals surface area contributed by atoms with Crippen LogP contribution >= 0.6 is 0 Å². The zero-order valence-corrected chi connectivity index (χ0v) is 12.1. The molecule has 1 aliphatic heterocycles. The van der Waals surface area contributed by atoms with Crippen molar-refractivity contribution in [2.45, 2.75) is 37.3 Å². The highest BCUT2D eigenvalue weighted by Crippen LogP contribution is 2.38. The van der Waals surface area contributed by atoms with Gasteiger partial charge in [0.05, 0.1) is 19.0 Å². The fourth-order valence-corrected chi connectivity index (χ4v) is 2.43. The number of rotatable bonds is 6. The number of aliphatic hydroxyl groups excluding tert-OH is 1. The Bertz CT molecular complexity index is 441. The summed E-state index contributed by atoms with van der Waals surface area (Å²) in [5, 5.41) is 19.4. The third-order valence-corrected chi connectivity index (χ3v) is 3.81. The van der Waals surface area contributed by atoms with Crippen LogP contribution in [0.15, 0.2) is 22.8 Å². The van der Waals surface area contributed by atoms with Crippen molar-refractivity contribution in [2.24, 2.45) is 0 Å². The molecule has 0 aliphatic carbocycles. The minimum atomic E-state index is -4.61. The molecule has 1 unspecified atom stereocenters. The van der Waals surface area contributed by atoms with E-state index in [9.17, 15) is 23.4 Å². The van der Waals surface area contributed by atoms with E-state index in [1.807, 2.05) is 0 Å². The number of ether oxygens (including phenoxy) is 1. The highest BCUT2D eigenvalue weighted by atomic mass is 19.4. The maximum Gasteiger partial charge on any atom is 0.417 e. The molecule has 1 aliphatic rings. The van der Waals surface area contributed by atoms with Gasteiger partial charge in [0.1, 0.15) is 12.4 Å². The number of β-amino-alcohol motifs (C(OH)–C–C–N with tert-alkyl or cyclic N) is 1. The first-order valence-corrected chi connectivity index (χ1v) is 7.10. The first-order valence-electron chi connectivity index (χ1n) is 7.10. The predicted octanol–water partition coefficient (Wildman–Crippen LogP) is 1.55. The number of alkyl halides is 3. The van der Waals surface area contributed by atoms with Crippen molar-refractivity contribution in [3.63, 3.8) is 0 Å². The molecular weight excluding hydrogens is 303 g/mol. The van der Waals surface area contributed by atoms with Gasteiger partial charge in [-0.1, -0.05) is 0 Å². The molecule has 0 radical (unpaired) electrons. The zero-order valence-electron chi connectivity index (χ0n) is 12.1. The Hall–Kier alpha value is -1.09. The fraction of sp³-hybridized carbons (Fsp3) is 0.714. The van der Waals surface area contributed by atoms with Crippen LogP contribution in [-0.4, -0.2) is 59.2 Å². The maximum atomic E-state index is 12.7. The molecule has 0 spiro atoms. The fourth-order valence-electron chi connectivity index (χ4n) is 2.43. The number of likely N-dealkylation sites (tertiary alicyclic amines) is 1. The molecule has 1 fully saturated rings. The van der Waals surface area contributed by atoms with Crippen molar-refractivity contribution in [3.05, 3.63) is 24.2 Å². The highest BCUT2D eigenvalue weighted by molar-refractivity contribution is 4.96. The van der Waals surface area contributed by atoms with Gasteiger partial charge in [0.15, 0.2) is 5.60 Å². The number of hydrogen-bond donors (Lipinski definition) is 2. The largest absolute Gasteiger partial charge is 0.467 e. The Kier molecular flexibility index (Phi) is 5.49. The quantitative estimate of drug-likeness (QED) is 0.831. The Labute approximate surface area is 126 Å². The van der Waals surface area contributed by atoms with Crippen LogP contribution in [0.25, 0.3) is 0 Å². The molecule has 2 heterocycles. The SMILES string of the molecule is OC(COCc1ccco1)CN1CCC(O)(C(F)(F)F)CC1. The minimum Gasteiger partial charge on any atom is -0.467 e. The second-order valence-electron chi connectivity index (χ2n) is 5.58. The molecule has 126 valence electrons. The second kappa shape index (κ2) is 6.99. The summed E-state index contributed by atoms with van der Waals surface area (Å²) in [6.45, 7) is 0.696. The summed E-state index contributed by atoms with van der Waals surface area (Å²) in [5.41, 5.74) is -2.61. The lowest BCUT2D eigenvalue weighted by molar-refractivity contribution is -0.273. The van der Waals surface area contributed by atoms with E-state index in [1.54, 1.807) is 17.0 Å². The van der Waals surface area contributed by atoms with Crippen LogP contribution in [0.2, 0.25) is 0 Å². The van der Waals surface area contributed by atoms with Crippen LogP contribution in [0.5, 0.6) is 0 Å². The van der Waals surface area contributed by atoms with Gasteiger partial charge in [0.25, 0.3) is 0 Å². The molecule has 0 amide bonds. The normalized spacial score (nSPS) is 21.0. The maximum absolute atomic E-state index is 12.7. The lowest BCUT2D eigenvalue weighted by atomic mass is 9.90. The Balaban J connectivity index is 1.67. The van der Waals surface area contributed by atoms with Gasteiger partial charge in [-0.2, -0.15) is 13.2 Å². The average Bonchev–Trinajstić information content (AvgIpc) is 2.93. The van der Waals surface area contributed by atoms with E-state index in [-0.39, 0.29) is 45.7 Å². The highest BCUT2D eigenvalue weighted by Gasteiger charge is 2.54. The van der Waals surface area contributed by atoms with Gasteiger partial charge in [-0.25, -0.2) is 0 Å². The first-order chi connectivity index (χ1) is 10.3. The van der Waals surface area contributed by atoms with Crippen LogP contribution < -0.4 is 0 Å². The molecular formula is C14H20F3NO4. The summed E-state index contributed by atoms with van der Waals surface area (Å²) in [7, 11) is 0. The summed E-state index contributed by atoms with van der Waals surface area (Å²) in [6, 6.07) is 3.47. The molecule has 2 N–H and O–H groups in total. The van der Waals surface area contributed by atoms with Crippen molar-refractivity contribution in [3.8, 4) is 0 Å². The summed E-state index contributed by atoms with van der Waals surface area (Å²) in [6.07, 6.45) is -4.64. The van der Waals surface area contributed by atoms with E-state index in [2.05, 4.69) is 0 Å². The zero-order chi connectivity index (χ0) is 16.2. The van der Waals surface area contributed by atoms with Gasteiger partial charge in [0.2, 0.25) is 0 Å². The van der Waals surface area contributed by atoms with Crippen LogP contribution in [0.1, 0.15) is 18.6 Å². The van der Waals surface area contributed by atoms with Crippen molar-refractivity contribution in [2.75, 3.05) is 26.2 Å². The van der Waals surface area contributed by atoms with E-state index in [0.29, 0.717) is 5.76 Å². The van der Waals surface area contributed by atoms with Crippen molar-refractivity contribution < 1.29 is 32.5 Å². The average molecular weight is 323 g/mol. The summed E-state index contributed by atoms with van der Waals surface area (Å²) in [4.78, 5) is 1.70. The topological polar surface area (TPSA) is 66.1 Å². The van der Waals surface area contributed by atoms with E-state index in [4.69, 9.17) is 9.15 Å². The Morgan fingerprint density at radius 2 is 2.05 bits per heavy atom. The number of aliphatic hydroxyl groups is 2. The van der Waals surface area contributed by atoms with Crippen LogP contribution in [0, 0.1) is 0 Å². The molecule has 2 rings (SSSR count). The van der Waals surface area contributed by atoms with Gasteiger partial charge in [0, 0.05) is 19.6 Å². The third kappa shape index (κ3) is 4.45. The predicted molar refractivity (Wildman–Crippen MR) is 71.0 cm³/mol. The van der Waals surface area contributed by atoms with Gasteiger partial charge in [-0.3, -0.25) is 0 Å². The van der Waals surface area contributed by atoms with Crippen LogP contribution in [0.3, 0.4) is 0 Å². The Morgan fingerprint density at radius 1 is 1.36 bits per heavy atom. The molecule has 22 heavy (non-hydrogen) atoms. The smallest absolute Gasteiger partial charge is 0.417 e. The molecule has 5 nitrogen and oxygen atoms in total. The van der Waals surface area contributed by atoms with E-state index in [0.717, 1.165) is 0 Å². The first kappa shape index (κ1) is 17.3. The second-order valence-corrected chi connectivity index (χ2v) is 5.58. The molecule has 1 saturated heterocycles. The standard InChI is InChI=1S/C14H20F3NO4/c15-14(16,17)13(20)3-5-18(6-4-13)8-11(19)9-21-10-12-2-1-7-22-12/h1-2,7,11,19-20H,3-6,8-10H2. The van der Waals surface area contributed by atoms with Crippen LogP contribution in [-0.2, 0) is 11.3 Å². The third-order valence-electron chi connectivity index (χ3n) is 3.81. The van der Waals surface area contributed by atoms with Gasteiger partial charge in [-0.15, -0.1) is 0 Å². The lowest BCUT2D eigenvalue weighted by Gasteiger charge is -2.39. The number of halogens is 3.